The standard InChI is InChI=1S/C14H15BrClN3O2/c1-2-19-8-12(15)13(18-19)7-17-14(20)9-21-11-5-3-10(16)4-6-11/h3-6,8H,2,7,9H2,1H3,(H,17,20). The zero-order chi connectivity index (χ0) is 15.2. The average molecular weight is 373 g/mol. The molecule has 0 atom stereocenters. The minimum Gasteiger partial charge on any atom is -0.484 e. The zero-order valence-electron chi connectivity index (χ0n) is 11.5. The molecule has 0 bridgehead atoms. The molecule has 1 N–H and O–H groups in total. The highest BCUT2D eigenvalue weighted by Gasteiger charge is 2.08. The smallest absolute Gasteiger partial charge is 0.258 e. The molecule has 0 saturated carbocycles. The molecule has 0 unspecified atom stereocenters. The summed E-state index contributed by atoms with van der Waals surface area (Å²) >= 11 is 9.18. The minimum atomic E-state index is -0.206. The van der Waals surface area contributed by atoms with Gasteiger partial charge in [-0.25, -0.2) is 0 Å². The maximum absolute atomic E-state index is 11.7. The quantitative estimate of drug-likeness (QED) is 0.848. The van der Waals surface area contributed by atoms with Gasteiger partial charge in [0.25, 0.3) is 5.91 Å². The van der Waals surface area contributed by atoms with Gasteiger partial charge in [-0.3, -0.25) is 9.48 Å². The first-order valence-corrected chi connectivity index (χ1v) is 7.62. The summed E-state index contributed by atoms with van der Waals surface area (Å²) in [6.45, 7) is 3.10. The summed E-state index contributed by atoms with van der Waals surface area (Å²) in [6, 6.07) is 6.86. The van der Waals surface area contributed by atoms with E-state index < -0.39 is 0 Å². The summed E-state index contributed by atoms with van der Waals surface area (Å²) in [6.07, 6.45) is 1.88. The number of ether oxygens (including phenoxy) is 1. The monoisotopic (exact) mass is 371 g/mol. The first kappa shape index (κ1) is 15.9. The molecule has 2 rings (SSSR count). The molecular formula is C14H15BrClN3O2. The third-order valence-electron chi connectivity index (χ3n) is 2.75. The maximum atomic E-state index is 11.7. The van der Waals surface area contributed by atoms with Crippen molar-refractivity contribution in [1.82, 2.24) is 15.1 Å². The van der Waals surface area contributed by atoms with Gasteiger partial charge in [0, 0.05) is 17.8 Å². The van der Waals surface area contributed by atoms with Crippen molar-refractivity contribution in [2.75, 3.05) is 6.61 Å². The molecule has 1 aromatic carbocycles. The van der Waals surface area contributed by atoms with Gasteiger partial charge in [-0.15, -0.1) is 0 Å². The third kappa shape index (κ3) is 4.75. The zero-order valence-corrected chi connectivity index (χ0v) is 13.8. The summed E-state index contributed by atoms with van der Waals surface area (Å²) in [7, 11) is 0. The first-order valence-electron chi connectivity index (χ1n) is 6.45. The van der Waals surface area contributed by atoms with Crippen LogP contribution in [0.15, 0.2) is 34.9 Å². The fraction of sp³-hybridized carbons (Fsp3) is 0.286. The van der Waals surface area contributed by atoms with Crippen LogP contribution in [0.3, 0.4) is 0 Å². The van der Waals surface area contributed by atoms with Crippen molar-refractivity contribution < 1.29 is 9.53 Å². The second kappa shape index (κ2) is 7.47. The van der Waals surface area contributed by atoms with Crippen LogP contribution in [0.1, 0.15) is 12.6 Å². The molecule has 0 fully saturated rings. The molecule has 0 radical (unpaired) electrons. The van der Waals surface area contributed by atoms with Crippen LogP contribution in [0.2, 0.25) is 5.02 Å². The Balaban J connectivity index is 1.79. The van der Waals surface area contributed by atoms with Gasteiger partial charge in [-0.2, -0.15) is 5.10 Å². The normalized spacial score (nSPS) is 10.4. The molecule has 0 spiro atoms. The van der Waals surface area contributed by atoms with Crippen LogP contribution in [0.25, 0.3) is 0 Å². The number of aryl methyl sites for hydroxylation is 1. The van der Waals surface area contributed by atoms with Crippen molar-refractivity contribution in [1.29, 1.82) is 0 Å². The van der Waals surface area contributed by atoms with Crippen LogP contribution < -0.4 is 10.1 Å². The van der Waals surface area contributed by atoms with Gasteiger partial charge in [0.15, 0.2) is 6.61 Å². The van der Waals surface area contributed by atoms with E-state index in [1.165, 1.54) is 0 Å². The van der Waals surface area contributed by atoms with Crippen LogP contribution >= 0.6 is 27.5 Å². The number of carbonyl (C=O) groups excluding carboxylic acids is 1. The Labute approximate surface area is 136 Å². The first-order chi connectivity index (χ1) is 10.1. The second-order valence-corrected chi connectivity index (χ2v) is 5.59. The molecule has 1 amide bonds. The Morgan fingerprint density at radius 1 is 1.43 bits per heavy atom. The Morgan fingerprint density at radius 2 is 2.14 bits per heavy atom. The van der Waals surface area contributed by atoms with Crippen molar-refractivity contribution in [2.45, 2.75) is 20.0 Å². The van der Waals surface area contributed by atoms with E-state index in [2.05, 4.69) is 26.3 Å². The van der Waals surface area contributed by atoms with Crippen LogP contribution in [-0.2, 0) is 17.9 Å². The lowest BCUT2D eigenvalue weighted by atomic mass is 10.3. The fourth-order valence-corrected chi connectivity index (χ4v) is 2.21. The summed E-state index contributed by atoms with van der Waals surface area (Å²) in [5, 5.41) is 7.72. The molecule has 2 aromatic rings. The van der Waals surface area contributed by atoms with E-state index in [0.717, 1.165) is 16.7 Å². The number of carbonyl (C=O) groups is 1. The Bertz CT molecular complexity index is 613. The summed E-state index contributed by atoms with van der Waals surface area (Å²) in [4.78, 5) is 11.7. The average Bonchev–Trinajstić information content (AvgIpc) is 2.85. The fourth-order valence-electron chi connectivity index (χ4n) is 1.63. The lowest BCUT2D eigenvalue weighted by Gasteiger charge is -2.06. The van der Waals surface area contributed by atoms with E-state index in [-0.39, 0.29) is 12.5 Å². The highest BCUT2D eigenvalue weighted by Crippen LogP contribution is 2.16. The van der Waals surface area contributed by atoms with Crippen LogP contribution in [0.4, 0.5) is 0 Å². The molecule has 1 heterocycles. The molecule has 0 aliphatic rings. The number of nitrogens with one attached hydrogen (secondary N) is 1. The molecule has 0 aliphatic carbocycles. The van der Waals surface area contributed by atoms with Crippen molar-refractivity contribution >= 4 is 33.4 Å². The lowest BCUT2D eigenvalue weighted by Crippen LogP contribution is -2.28. The molecule has 112 valence electrons. The number of aromatic nitrogens is 2. The maximum Gasteiger partial charge on any atom is 0.258 e. The molecule has 7 heteroatoms. The van der Waals surface area contributed by atoms with Gasteiger partial charge in [-0.1, -0.05) is 11.6 Å². The Morgan fingerprint density at radius 3 is 2.76 bits per heavy atom. The van der Waals surface area contributed by atoms with Gasteiger partial charge in [0.05, 0.1) is 16.7 Å². The summed E-state index contributed by atoms with van der Waals surface area (Å²) in [5.74, 6) is 0.397. The van der Waals surface area contributed by atoms with Crippen LogP contribution in [0, 0.1) is 0 Å². The van der Waals surface area contributed by atoms with Crippen molar-refractivity contribution in [3.8, 4) is 5.75 Å². The molecule has 5 nitrogen and oxygen atoms in total. The van der Waals surface area contributed by atoms with Crippen molar-refractivity contribution in [3.05, 3.63) is 45.7 Å². The highest BCUT2D eigenvalue weighted by molar-refractivity contribution is 9.10. The number of hydrogen-bond donors (Lipinski definition) is 1. The van der Waals surface area contributed by atoms with Gasteiger partial charge in [0.2, 0.25) is 0 Å². The lowest BCUT2D eigenvalue weighted by molar-refractivity contribution is -0.123. The number of amides is 1. The summed E-state index contributed by atoms with van der Waals surface area (Å²) in [5.41, 5.74) is 0.789. The van der Waals surface area contributed by atoms with Gasteiger partial charge < -0.3 is 10.1 Å². The molecule has 21 heavy (non-hydrogen) atoms. The largest absolute Gasteiger partial charge is 0.484 e. The van der Waals surface area contributed by atoms with Gasteiger partial charge in [-0.05, 0) is 47.1 Å². The molecule has 1 aromatic heterocycles. The predicted octanol–water partition coefficient (Wildman–Crippen LogP) is 3.01. The SMILES string of the molecule is CCn1cc(Br)c(CNC(=O)COc2ccc(Cl)cc2)n1. The van der Waals surface area contributed by atoms with E-state index >= 15 is 0 Å². The topological polar surface area (TPSA) is 56.2 Å². The van der Waals surface area contributed by atoms with E-state index in [1.807, 2.05) is 13.1 Å². The predicted molar refractivity (Wildman–Crippen MR) is 84.4 cm³/mol. The van der Waals surface area contributed by atoms with Crippen molar-refractivity contribution in [2.24, 2.45) is 0 Å². The molecule has 0 aliphatic heterocycles. The number of rotatable bonds is 6. The van der Waals surface area contributed by atoms with E-state index in [4.69, 9.17) is 16.3 Å². The van der Waals surface area contributed by atoms with E-state index in [9.17, 15) is 4.79 Å². The summed E-state index contributed by atoms with van der Waals surface area (Å²) < 4.78 is 8.04. The van der Waals surface area contributed by atoms with Crippen LogP contribution in [-0.4, -0.2) is 22.3 Å². The molecular weight excluding hydrogens is 358 g/mol. The minimum absolute atomic E-state index is 0.0479. The van der Waals surface area contributed by atoms with Crippen molar-refractivity contribution in [3.63, 3.8) is 0 Å². The third-order valence-corrected chi connectivity index (χ3v) is 3.66. The number of benzene rings is 1. The van der Waals surface area contributed by atoms with Gasteiger partial charge in [0.1, 0.15) is 5.75 Å². The Kier molecular flexibility index (Phi) is 5.64. The highest BCUT2D eigenvalue weighted by atomic mass is 79.9. The van der Waals surface area contributed by atoms with E-state index in [1.54, 1.807) is 28.9 Å². The van der Waals surface area contributed by atoms with Crippen LogP contribution in [0.5, 0.6) is 5.75 Å². The second-order valence-electron chi connectivity index (χ2n) is 4.30. The Hall–Kier alpha value is -1.53. The van der Waals surface area contributed by atoms with Gasteiger partial charge >= 0.3 is 0 Å². The number of halogens is 2. The number of nitrogens with zero attached hydrogens (tertiary/aromatic N) is 2. The molecule has 0 saturated heterocycles. The number of hydrogen-bond acceptors (Lipinski definition) is 3. The van der Waals surface area contributed by atoms with E-state index in [0.29, 0.717) is 17.3 Å².